The molecule has 0 heterocycles. The minimum absolute atomic E-state index is 0.0346. The molecule has 0 saturated carbocycles. The molecule has 0 aliphatic heterocycles. The van der Waals surface area contributed by atoms with Crippen LogP contribution in [0.4, 0.5) is 26.3 Å². The summed E-state index contributed by atoms with van der Waals surface area (Å²) in [6.45, 7) is 27.1. The molecule has 14 heteroatoms. The van der Waals surface area contributed by atoms with Crippen molar-refractivity contribution in [2.75, 3.05) is 0 Å². The molecule has 0 amide bonds. The van der Waals surface area contributed by atoms with Gasteiger partial charge in [0.05, 0.1) is 65.8 Å². The minimum atomic E-state index is -5.35. The normalized spacial score (nSPS) is 15.1. The second-order valence-corrected chi connectivity index (χ2v) is 11.2. The van der Waals surface area contributed by atoms with Crippen LogP contribution in [0.25, 0.3) is 48.1 Å². The molecule has 0 fully saturated rings. The van der Waals surface area contributed by atoms with Crippen LogP contribution in [-0.2, 0) is 12.4 Å². The Hall–Kier alpha value is -7.88. The van der Waals surface area contributed by atoms with Crippen LogP contribution in [-0.4, -0.2) is 0 Å². The van der Waals surface area contributed by atoms with Gasteiger partial charge in [-0.1, -0.05) is 29.3 Å². The molecule has 0 bridgehead atoms. The van der Waals surface area contributed by atoms with Crippen LogP contribution in [0.1, 0.15) is 66.8 Å². The molecule has 8 nitrogen and oxygen atoms in total. The van der Waals surface area contributed by atoms with E-state index in [9.17, 15) is 52.7 Å². The van der Waals surface area contributed by atoms with Crippen molar-refractivity contribution in [3.05, 3.63) is 149 Å². The molecular weight excluding hydrogens is 682 g/mol. The largest absolute Gasteiger partial charge is 0.416 e. The van der Waals surface area contributed by atoms with Crippen molar-refractivity contribution >= 4 is 33.6 Å². The predicted molar refractivity (Wildman–Crippen MR) is 172 cm³/mol. The van der Waals surface area contributed by atoms with Crippen molar-refractivity contribution in [3.8, 4) is 30.3 Å². The maximum atomic E-state index is 14.0. The summed E-state index contributed by atoms with van der Waals surface area (Å²) in [6, 6.07) is 14.0. The highest BCUT2D eigenvalue weighted by Crippen LogP contribution is 2.59. The Morgan fingerprint density at radius 2 is 1.02 bits per heavy atom. The zero-order valence-electron chi connectivity index (χ0n) is 26.3. The summed E-state index contributed by atoms with van der Waals surface area (Å²) in [5.74, 6) is 0. The standard InChI is InChI=1S/C38H12F6N8/c1-17-6-18(2)8-19(7-17)29-35(27(16-49)51-4)32-24(13-46)30-23(12-45)28(20-9-21(37(39,40)41)11-22(10-20)38(42,43)44)34(26(15-48)50-3)31(30)25(14-47)33(32)36(29)52-5/h6-11H,1-2H3/b34-26-,35-27?. The Labute approximate surface area is 291 Å². The molecule has 52 heavy (non-hydrogen) atoms. The maximum absolute atomic E-state index is 14.0. The van der Waals surface area contributed by atoms with Gasteiger partial charge in [0.1, 0.15) is 12.1 Å². The molecule has 0 spiro atoms. The summed E-state index contributed by atoms with van der Waals surface area (Å²) in [6.07, 6.45) is -10.7. The summed E-state index contributed by atoms with van der Waals surface area (Å²) < 4.78 is 84.0. The van der Waals surface area contributed by atoms with Gasteiger partial charge in [0, 0.05) is 16.7 Å². The first-order chi connectivity index (χ1) is 24.6. The Morgan fingerprint density at radius 3 is 1.42 bits per heavy atom. The molecule has 246 valence electrons. The van der Waals surface area contributed by atoms with E-state index in [1.54, 1.807) is 44.2 Å². The van der Waals surface area contributed by atoms with Gasteiger partial charge in [0.2, 0.25) is 5.70 Å². The van der Waals surface area contributed by atoms with E-state index in [0.717, 1.165) is 0 Å². The van der Waals surface area contributed by atoms with Gasteiger partial charge in [0.25, 0.3) is 11.4 Å². The Balaban J connectivity index is 2.12. The van der Waals surface area contributed by atoms with Crippen molar-refractivity contribution in [2.45, 2.75) is 26.2 Å². The predicted octanol–water partition coefficient (Wildman–Crippen LogP) is 9.64. The van der Waals surface area contributed by atoms with E-state index in [0.29, 0.717) is 16.7 Å². The molecule has 0 aromatic heterocycles. The summed E-state index contributed by atoms with van der Waals surface area (Å²) in [4.78, 5) is 10.0. The second-order valence-electron chi connectivity index (χ2n) is 11.2. The van der Waals surface area contributed by atoms with Crippen LogP contribution < -0.4 is 0 Å². The van der Waals surface area contributed by atoms with E-state index in [-0.39, 0.29) is 46.2 Å². The van der Waals surface area contributed by atoms with E-state index in [1.807, 2.05) is 12.1 Å². The van der Waals surface area contributed by atoms with Crippen molar-refractivity contribution in [1.29, 1.82) is 26.3 Å². The molecule has 0 radical (unpaired) electrons. The van der Waals surface area contributed by atoms with Crippen molar-refractivity contribution in [3.63, 3.8) is 0 Å². The molecule has 5 rings (SSSR count). The van der Waals surface area contributed by atoms with Gasteiger partial charge in [-0.3, -0.25) is 0 Å². The average Bonchev–Trinajstić information content (AvgIpc) is 3.61. The van der Waals surface area contributed by atoms with Crippen molar-refractivity contribution < 1.29 is 26.3 Å². The van der Waals surface area contributed by atoms with Gasteiger partial charge in [-0.15, -0.1) is 0 Å². The van der Waals surface area contributed by atoms with E-state index < -0.39 is 79.4 Å². The van der Waals surface area contributed by atoms with Crippen LogP contribution >= 0.6 is 0 Å². The monoisotopic (exact) mass is 694 g/mol. The number of rotatable bonds is 2. The Bertz CT molecular complexity index is 2610. The van der Waals surface area contributed by atoms with Gasteiger partial charge >= 0.3 is 12.4 Å². The number of benzene rings is 3. The number of allylic oxidation sites excluding steroid dienone is 7. The average molecular weight is 695 g/mol. The summed E-state index contributed by atoms with van der Waals surface area (Å²) >= 11 is 0. The minimum Gasteiger partial charge on any atom is -0.237 e. The number of alkyl halides is 6. The molecule has 3 aromatic carbocycles. The molecule has 0 atom stereocenters. The number of aryl methyl sites for hydroxylation is 2. The SMILES string of the molecule is [C-]#[N+]C(C#N)=C1C(c2cc(C)cc(C)c2)=C([N+]#[C-])c2c(C#N)c3c(c(C#N)c21)C(C#N)=C(c1cc(C(F)(F)F)cc(C(F)(F)F)c1)/C3=C(\C#N)[N+]#[C-]. The third-order valence-corrected chi connectivity index (χ3v) is 8.22. The van der Waals surface area contributed by atoms with E-state index >= 15 is 0 Å². The molecule has 2 aliphatic carbocycles. The summed E-state index contributed by atoms with van der Waals surface area (Å²) in [5, 5.41) is 52.1. The molecule has 2 aliphatic rings. The van der Waals surface area contributed by atoms with Crippen molar-refractivity contribution in [2.24, 2.45) is 0 Å². The summed E-state index contributed by atoms with van der Waals surface area (Å²) in [5.41, 5.74) is -10.3. The van der Waals surface area contributed by atoms with E-state index in [1.165, 1.54) is 6.07 Å². The number of halogens is 6. The highest BCUT2D eigenvalue weighted by atomic mass is 19.4. The molecular formula is C38H12F6N8. The zero-order valence-corrected chi connectivity index (χ0v) is 26.3. The quantitative estimate of drug-likeness (QED) is 0.150. The lowest BCUT2D eigenvalue weighted by atomic mass is 9.83. The number of hydrogen-bond donors (Lipinski definition) is 0. The zero-order chi connectivity index (χ0) is 38.4. The second kappa shape index (κ2) is 12.5. The van der Waals surface area contributed by atoms with Crippen LogP contribution in [0.15, 0.2) is 47.8 Å². The van der Waals surface area contributed by atoms with Crippen molar-refractivity contribution in [1.82, 2.24) is 0 Å². The highest BCUT2D eigenvalue weighted by molar-refractivity contribution is 6.31. The number of nitriles is 5. The first kappa shape index (κ1) is 35.4. The molecule has 0 N–H and O–H groups in total. The smallest absolute Gasteiger partial charge is 0.237 e. The van der Waals surface area contributed by atoms with Crippen LogP contribution in [0.3, 0.4) is 0 Å². The third-order valence-electron chi connectivity index (χ3n) is 8.22. The fourth-order valence-corrected chi connectivity index (χ4v) is 6.46. The first-order valence-corrected chi connectivity index (χ1v) is 14.3. The molecule has 0 saturated heterocycles. The maximum Gasteiger partial charge on any atom is 0.416 e. The summed E-state index contributed by atoms with van der Waals surface area (Å²) in [7, 11) is 0. The van der Waals surface area contributed by atoms with Crippen LogP contribution in [0.2, 0.25) is 0 Å². The first-order valence-electron chi connectivity index (χ1n) is 14.3. The molecule has 3 aromatic rings. The van der Waals surface area contributed by atoms with Gasteiger partial charge in [-0.05, 0) is 71.0 Å². The van der Waals surface area contributed by atoms with Gasteiger partial charge in [-0.25, -0.2) is 25.1 Å². The Kier molecular flexibility index (Phi) is 8.54. The van der Waals surface area contributed by atoms with Crippen LogP contribution in [0, 0.1) is 90.2 Å². The lowest BCUT2D eigenvalue weighted by Crippen LogP contribution is -2.12. The van der Waals surface area contributed by atoms with Gasteiger partial charge < -0.3 is 0 Å². The highest BCUT2D eigenvalue weighted by Gasteiger charge is 2.44. The van der Waals surface area contributed by atoms with Gasteiger partial charge in [-0.2, -0.15) is 42.1 Å². The number of hydrogen-bond acceptors (Lipinski definition) is 5. The third kappa shape index (κ3) is 5.28. The van der Waals surface area contributed by atoms with Gasteiger partial charge in [0.15, 0.2) is 0 Å². The van der Waals surface area contributed by atoms with E-state index in [2.05, 4.69) is 14.5 Å². The lowest BCUT2D eigenvalue weighted by molar-refractivity contribution is -0.143. The topological polar surface area (TPSA) is 132 Å². The van der Waals surface area contributed by atoms with E-state index in [4.69, 9.17) is 19.7 Å². The number of nitrogens with zero attached hydrogens (tertiary/aromatic N) is 8. The fourth-order valence-electron chi connectivity index (χ4n) is 6.46. The van der Waals surface area contributed by atoms with Crippen LogP contribution in [0.5, 0.6) is 0 Å². The Morgan fingerprint density at radius 1 is 0.577 bits per heavy atom. The number of fused-ring (bicyclic) bond motifs is 2. The molecule has 0 unspecified atom stereocenters. The lowest BCUT2D eigenvalue weighted by Gasteiger charge is -2.17. The fraction of sp³-hybridized carbons (Fsp3) is 0.105.